The van der Waals surface area contributed by atoms with E-state index in [1.54, 1.807) is 7.11 Å². The second-order valence-electron chi connectivity index (χ2n) is 7.64. The highest BCUT2D eigenvalue weighted by Gasteiger charge is 2.21. The highest BCUT2D eigenvalue weighted by atomic mass is 16.5. The number of ether oxygens (including phenoxy) is 1. The van der Waals surface area contributed by atoms with Gasteiger partial charge in [-0.2, -0.15) is 5.10 Å². The molecule has 0 bridgehead atoms. The van der Waals surface area contributed by atoms with Crippen molar-refractivity contribution in [2.45, 2.75) is 0 Å². The third-order valence-electron chi connectivity index (χ3n) is 5.89. The Labute approximate surface area is 180 Å². The van der Waals surface area contributed by atoms with Crippen molar-refractivity contribution < 1.29 is 4.74 Å². The van der Waals surface area contributed by atoms with Gasteiger partial charge < -0.3 is 4.74 Å². The Balaban J connectivity index is 1.93. The normalized spacial score (nSPS) is 11.4. The summed E-state index contributed by atoms with van der Waals surface area (Å²) < 4.78 is 7.69. The van der Waals surface area contributed by atoms with Crippen LogP contribution in [0.1, 0.15) is 0 Å². The van der Waals surface area contributed by atoms with E-state index in [0.717, 1.165) is 33.1 Å². The first-order valence-corrected chi connectivity index (χ1v) is 10.4. The number of rotatable bonds is 3. The second kappa shape index (κ2) is 6.99. The minimum absolute atomic E-state index is 0.833. The zero-order valence-corrected chi connectivity index (χ0v) is 17.1. The lowest BCUT2D eigenvalue weighted by Gasteiger charge is -2.17. The van der Waals surface area contributed by atoms with E-state index in [0.29, 0.717) is 0 Å². The molecule has 148 valence electrons. The van der Waals surface area contributed by atoms with Crippen LogP contribution in [0.2, 0.25) is 0 Å². The lowest BCUT2D eigenvalue weighted by Crippen LogP contribution is -1.98. The predicted octanol–water partition coefficient (Wildman–Crippen LogP) is 6.98. The Bertz CT molecular complexity index is 1550. The maximum atomic E-state index is 5.60. The van der Waals surface area contributed by atoms with Gasteiger partial charge in [-0.25, -0.2) is 4.52 Å². The number of nitrogens with zero attached hydrogens (tertiary/aromatic N) is 2. The molecule has 0 saturated carbocycles. The van der Waals surface area contributed by atoms with Gasteiger partial charge in [0.1, 0.15) is 5.75 Å². The molecule has 0 atom stereocenters. The summed E-state index contributed by atoms with van der Waals surface area (Å²) in [6.07, 6.45) is 0. The molecule has 6 rings (SSSR count). The number of aromatic nitrogens is 2. The molecular formula is C28H20N2O. The summed E-state index contributed by atoms with van der Waals surface area (Å²) in [4.78, 5) is 0. The number of benzene rings is 4. The van der Waals surface area contributed by atoms with Crippen molar-refractivity contribution in [1.82, 2.24) is 9.61 Å². The van der Waals surface area contributed by atoms with Crippen LogP contribution in [0, 0.1) is 0 Å². The minimum Gasteiger partial charge on any atom is -0.497 e. The second-order valence-corrected chi connectivity index (χ2v) is 7.64. The van der Waals surface area contributed by atoms with Crippen molar-refractivity contribution >= 4 is 27.3 Å². The Morgan fingerprint density at radius 1 is 0.645 bits per heavy atom. The molecule has 4 aromatic carbocycles. The van der Waals surface area contributed by atoms with Crippen LogP contribution in [0.5, 0.6) is 5.75 Å². The molecule has 0 aliphatic heterocycles. The summed E-state index contributed by atoms with van der Waals surface area (Å²) in [5, 5.41) is 7.26. The molecule has 0 N–H and O–H groups in total. The number of hydrogen-bond donors (Lipinski definition) is 0. The Morgan fingerprint density at radius 2 is 1.29 bits per heavy atom. The molecule has 0 fully saturated rings. The number of fused-ring (bicyclic) bond motifs is 5. The maximum absolute atomic E-state index is 5.60. The molecule has 31 heavy (non-hydrogen) atoms. The van der Waals surface area contributed by atoms with E-state index in [2.05, 4.69) is 95.5 Å². The number of hydrogen-bond acceptors (Lipinski definition) is 2. The van der Waals surface area contributed by atoms with Gasteiger partial charge in [-0.15, -0.1) is 0 Å². The first-order chi connectivity index (χ1) is 15.3. The van der Waals surface area contributed by atoms with Crippen LogP contribution in [0.15, 0.2) is 103 Å². The highest BCUT2D eigenvalue weighted by molar-refractivity contribution is 6.14. The van der Waals surface area contributed by atoms with E-state index in [9.17, 15) is 0 Å². The summed E-state index contributed by atoms with van der Waals surface area (Å²) >= 11 is 0. The van der Waals surface area contributed by atoms with Crippen molar-refractivity contribution in [3.63, 3.8) is 0 Å². The fourth-order valence-corrected chi connectivity index (χ4v) is 4.52. The fraction of sp³-hybridized carbons (Fsp3) is 0.0357. The van der Waals surface area contributed by atoms with Crippen LogP contribution < -0.4 is 4.74 Å². The van der Waals surface area contributed by atoms with Crippen molar-refractivity contribution in [3.8, 4) is 28.0 Å². The fourth-order valence-electron chi connectivity index (χ4n) is 4.52. The van der Waals surface area contributed by atoms with Gasteiger partial charge in [0, 0.05) is 21.9 Å². The van der Waals surface area contributed by atoms with Crippen LogP contribution >= 0.6 is 0 Å². The predicted molar refractivity (Wildman–Crippen MR) is 128 cm³/mol. The van der Waals surface area contributed by atoms with Gasteiger partial charge in [-0.1, -0.05) is 78.9 Å². The molecule has 2 aromatic heterocycles. The van der Waals surface area contributed by atoms with Crippen molar-refractivity contribution in [2.24, 2.45) is 0 Å². The van der Waals surface area contributed by atoms with E-state index in [4.69, 9.17) is 9.84 Å². The first kappa shape index (κ1) is 17.7. The monoisotopic (exact) mass is 400 g/mol. The summed E-state index contributed by atoms with van der Waals surface area (Å²) in [6, 6.07) is 35.8. The van der Waals surface area contributed by atoms with Crippen LogP contribution in [0.3, 0.4) is 0 Å². The van der Waals surface area contributed by atoms with Gasteiger partial charge in [0.05, 0.1) is 23.7 Å². The van der Waals surface area contributed by atoms with E-state index in [-0.39, 0.29) is 0 Å². The van der Waals surface area contributed by atoms with Crippen molar-refractivity contribution in [3.05, 3.63) is 103 Å². The average Bonchev–Trinajstić information content (AvgIpc) is 3.23. The van der Waals surface area contributed by atoms with Gasteiger partial charge in [0.25, 0.3) is 0 Å². The SMILES string of the molecule is COc1ccc2c(c1)c(-c1ccccc1)c(-c1ccccc1)c1c3ccccc3nn21. The van der Waals surface area contributed by atoms with Crippen LogP contribution in [0.25, 0.3) is 49.6 Å². The van der Waals surface area contributed by atoms with Crippen molar-refractivity contribution in [2.75, 3.05) is 7.11 Å². The Kier molecular flexibility index (Phi) is 4.00. The standard InChI is InChI=1S/C28H20N2O/c1-31-21-16-17-25-23(18-21)26(19-10-4-2-5-11-19)27(20-12-6-3-7-13-20)28-22-14-8-9-15-24(22)29-30(25)28/h2-18H,1H3. The van der Waals surface area contributed by atoms with Gasteiger partial charge in [0.15, 0.2) is 0 Å². The molecule has 0 aliphatic carbocycles. The first-order valence-electron chi connectivity index (χ1n) is 10.4. The summed E-state index contributed by atoms with van der Waals surface area (Å²) in [7, 11) is 1.71. The van der Waals surface area contributed by atoms with Crippen LogP contribution in [0.4, 0.5) is 0 Å². The van der Waals surface area contributed by atoms with E-state index in [1.807, 2.05) is 12.1 Å². The lowest BCUT2D eigenvalue weighted by atomic mass is 9.90. The number of pyridine rings is 1. The summed E-state index contributed by atoms with van der Waals surface area (Å²) in [5.41, 5.74) is 7.89. The van der Waals surface area contributed by atoms with Gasteiger partial charge >= 0.3 is 0 Å². The minimum atomic E-state index is 0.833. The average molecular weight is 400 g/mol. The van der Waals surface area contributed by atoms with Gasteiger partial charge in [-0.3, -0.25) is 0 Å². The van der Waals surface area contributed by atoms with E-state index < -0.39 is 0 Å². The van der Waals surface area contributed by atoms with Crippen LogP contribution in [-0.4, -0.2) is 16.7 Å². The smallest absolute Gasteiger partial charge is 0.119 e. The molecule has 0 unspecified atom stereocenters. The molecular weight excluding hydrogens is 380 g/mol. The third kappa shape index (κ3) is 2.71. The largest absolute Gasteiger partial charge is 0.497 e. The molecule has 3 nitrogen and oxygen atoms in total. The lowest BCUT2D eigenvalue weighted by molar-refractivity contribution is 0.415. The van der Waals surface area contributed by atoms with E-state index >= 15 is 0 Å². The quantitative estimate of drug-likeness (QED) is 0.320. The van der Waals surface area contributed by atoms with Gasteiger partial charge in [0.2, 0.25) is 0 Å². The molecule has 3 heteroatoms. The van der Waals surface area contributed by atoms with Crippen LogP contribution in [-0.2, 0) is 0 Å². The molecule has 0 radical (unpaired) electrons. The molecule has 0 aliphatic rings. The third-order valence-corrected chi connectivity index (χ3v) is 5.89. The molecule has 0 spiro atoms. The van der Waals surface area contributed by atoms with Gasteiger partial charge in [-0.05, 0) is 35.4 Å². The molecule has 0 saturated heterocycles. The Hall–Kier alpha value is -4.11. The molecule has 6 aromatic rings. The van der Waals surface area contributed by atoms with E-state index in [1.165, 1.54) is 22.3 Å². The van der Waals surface area contributed by atoms with Crippen molar-refractivity contribution in [1.29, 1.82) is 0 Å². The molecule has 0 amide bonds. The maximum Gasteiger partial charge on any atom is 0.119 e. The zero-order valence-electron chi connectivity index (χ0n) is 17.1. The highest BCUT2D eigenvalue weighted by Crippen LogP contribution is 2.44. The molecule has 2 heterocycles. The summed E-state index contributed by atoms with van der Waals surface area (Å²) in [5.74, 6) is 0.833. The summed E-state index contributed by atoms with van der Waals surface area (Å²) in [6.45, 7) is 0. The number of methoxy groups -OCH3 is 1. The topological polar surface area (TPSA) is 26.5 Å². The Morgan fingerprint density at radius 3 is 2.00 bits per heavy atom. The zero-order chi connectivity index (χ0) is 20.8.